The zero-order valence-electron chi connectivity index (χ0n) is 29.3. The van der Waals surface area contributed by atoms with Crippen molar-refractivity contribution in [3.63, 3.8) is 0 Å². The van der Waals surface area contributed by atoms with Crippen LogP contribution in [0.25, 0.3) is 0 Å². The number of aliphatic hydroxyl groups excluding tert-OH is 1. The molecule has 0 saturated carbocycles. The second-order valence-electron chi connectivity index (χ2n) is 12.7. The van der Waals surface area contributed by atoms with Crippen molar-refractivity contribution in [1.29, 1.82) is 0 Å². The summed E-state index contributed by atoms with van der Waals surface area (Å²) in [5.41, 5.74) is 0. The highest BCUT2D eigenvalue weighted by molar-refractivity contribution is 5.87. The molecule has 0 fully saturated rings. The lowest BCUT2D eigenvalue weighted by Gasteiger charge is -2.18. The Kier molecular flexibility index (Phi) is 30.8. The van der Waals surface area contributed by atoms with Gasteiger partial charge < -0.3 is 25.6 Å². The third-order valence-electron chi connectivity index (χ3n) is 8.26. The van der Waals surface area contributed by atoms with Crippen molar-refractivity contribution in [3.05, 3.63) is 12.2 Å². The Morgan fingerprint density at radius 3 is 1.67 bits per heavy atom. The van der Waals surface area contributed by atoms with E-state index < -0.39 is 24.5 Å². The molecule has 2 amide bonds. The van der Waals surface area contributed by atoms with Crippen LogP contribution in [0, 0.1) is 0 Å². The first kappa shape index (κ1) is 43.6. The van der Waals surface area contributed by atoms with Gasteiger partial charge in [0.05, 0.1) is 13.2 Å². The standard InChI is InChI=1S/C37H68N2O7/c1-3-5-7-9-11-12-13-14-15-16-21-25-29-36(43)46-32(26-22-18-10-8-6-4-2)27-23-19-17-20-24-28-34(41)38-30-35(42)39-33(31-40)37(44)45/h11-12,32-33,40H,3-10,13-31H2,1-2H3,(H,38,41)(H,39,42)(H,44,45)/b12-11-. The van der Waals surface area contributed by atoms with Crippen LogP contribution in [0.15, 0.2) is 12.2 Å². The van der Waals surface area contributed by atoms with Gasteiger partial charge in [-0.25, -0.2) is 4.79 Å². The van der Waals surface area contributed by atoms with Crippen molar-refractivity contribution < 1.29 is 34.1 Å². The molecule has 0 radical (unpaired) electrons. The van der Waals surface area contributed by atoms with Crippen LogP contribution in [0.2, 0.25) is 0 Å². The molecule has 0 aromatic carbocycles. The number of aliphatic carboxylic acids is 1. The minimum Gasteiger partial charge on any atom is -0.480 e. The van der Waals surface area contributed by atoms with Gasteiger partial charge in [-0.15, -0.1) is 0 Å². The molecule has 9 heteroatoms. The maximum atomic E-state index is 12.6. The number of carboxylic acid groups (broad SMARTS) is 1. The van der Waals surface area contributed by atoms with Gasteiger partial charge in [0.2, 0.25) is 11.8 Å². The molecule has 4 N–H and O–H groups in total. The Balaban J connectivity index is 4.16. The van der Waals surface area contributed by atoms with Crippen molar-refractivity contribution in [2.45, 2.75) is 187 Å². The van der Waals surface area contributed by atoms with Crippen molar-refractivity contribution in [2.24, 2.45) is 0 Å². The molecular weight excluding hydrogens is 584 g/mol. The highest BCUT2D eigenvalue weighted by Crippen LogP contribution is 2.18. The number of carbonyl (C=O) groups excluding carboxylic acids is 3. The highest BCUT2D eigenvalue weighted by atomic mass is 16.5. The second-order valence-corrected chi connectivity index (χ2v) is 12.7. The molecule has 0 spiro atoms. The molecule has 9 nitrogen and oxygen atoms in total. The monoisotopic (exact) mass is 653 g/mol. The summed E-state index contributed by atoms with van der Waals surface area (Å²) in [5.74, 6) is -2.30. The van der Waals surface area contributed by atoms with Crippen molar-refractivity contribution in [1.82, 2.24) is 10.6 Å². The Morgan fingerprint density at radius 1 is 0.630 bits per heavy atom. The number of hydrogen-bond acceptors (Lipinski definition) is 6. The number of carboxylic acids is 1. The number of allylic oxidation sites excluding steroid dienone is 2. The van der Waals surface area contributed by atoms with Gasteiger partial charge in [-0.3, -0.25) is 14.4 Å². The lowest BCUT2D eigenvalue weighted by Crippen LogP contribution is -2.47. The number of esters is 1. The number of ether oxygens (including phenoxy) is 1. The van der Waals surface area contributed by atoms with Crippen LogP contribution < -0.4 is 10.6 Å². The van der Waals surface area contributed by atoms with Crippen molar-refractivity contribution >= 4 is 23.8 Å². The van der Waals surface area contributed by atoms with Crippen LogP contribution >= 0.6 is 0 Å². The summed E-state index contributed by atoms with van der Waals surface area (Å²) in [4.78, 5) is 47.2. The van der Waals surface area contributed by atoms with Gasteiger partial charge >= 0.3 is 11.9 Å². The van der Waals surface area contributed by atoms with E-state index >= 15 is 0 Å². The summed E-state index contributed by atoms with van der Waals surface area (Å²) in [6.45, 7) is 3.42. The molecule has 46 heavy (non-hydrogen) atoms. The first-order valence-corrected chi connectivity index (χ1v) is 18.6. The van der Waals surface area contributed by atoms with E-state index in [0.717, 1.165) is 64.2 Å². The fourth-order valence-electron chi connectivity index (χ4n) is 5.36. The molecule has 0 aliphatic heterocycles. The molecule has 0 rings (SSSR count). The molecule has 0 aromatic rings. The van der Waals surface area contributed by atoms with E-state index in [9.17, 15) is 19.2 Å². The van der Waals surface area contributed by atoms with Crippen molar-refractivity contribution in [3.8, 4) is 0 Å². The van der Waals surface area contributed by atoms with Gasteiger partial charge in [0.25, 0.3) is 0 Å². The van der Waals surface area contributed by atoms with Crippen LogP contribution in [0.5, 0.6) is 0 Å². The zero-order valence-corrected chi connectivity index (χ0v) is 29.3. The smallest absolute Gasteiger partial charge is 0.328 e. The summed E-state index contributed by atoms with van der Waals surface area (Å²) in [7, 11) is 0. The SMILES string of the molecule is CCCCC/C=C\CCCCCCCC(=O)OC(CCCCCCCC)CCCCCCCC(=O)NCC(=O)NC(CO)C(=O)O. The third kappa shape index (κ3) is 29.0. The van der Waals surface area contributed by atoms with E-state index in [-0.39, 0.29) is 24.5 Å². The van der Waals surface area contributed by atoms with E-state index in [1.54, 1.807) is 0 Å². The molecule has 2 unspecified atom stereocenters. The molecule has 0 heterocycles. The van der Waals surface area contributed by atoms with Crippen LogP contribution in [0.4, 0.5) is 0 Å². The Bertz CT molecular complexity index is 803. The van der Waals surface area contributed by atoms with Crippen molar-refractivity contribution in [2.75, 3.05) is 13.2 Å². The highest BCUT2D eigenvalue weighted by Gasteiger charge is 2.19. The average molecular weight is 653 g/mol. The van der Waals surface area contributed by atoms with Gasteiger partial charge in [-0.05, 0) is 64.2 Å². The predicted octanol–water partition coefficient (Wildman–Crippen LogP) is 7.92. The molecule has 0 aliphatic carbocycles. The summed E-state index contributed by atoms with van der Waals surface area (Å²) in [6, 6.07) is -1.38. The number of carbonyl (C=O) groups is 4. The third-order valence-corrected chi connectivity index (χ3v) is 8.26. The minimum absolute atomic E-state index is 0.00808. The normalized spacial score (nSPS) is 12.6. The number of hydrogen-bond donors (Lipinski definition) is 4. The Labute approximate surface area is 280 Å². The maximum absolute atomic E-state index is 12.6. The van der Waals surface area contributed by atoms with Crippen LogP contribution in [-0.2, 0) is 23.9 Å². The largest absolute Gasteiger partial charge is 0.480 e. The number of aliphatic hydroxyl groups is 1. The molecule has 0 aromatic heterocycles. The van der Waals surface area contributed by atoms with Crippen LogP contribution in [0.3, 0.4) is 0 Å². The Hall–Kier alpha value is -2.42. The molecule has 0 bridgehead atoms. The van der Waals surface area contributed by atoms with Gasteiger partial charge in [-0.1, -0.05) is 109 Å². The summed E-state index contributed by atoms with van der Waals surface area (Å²) in [6.07, 6.45) is 31.0. The van der Waals surface area contributed by atoms with Gasteiger partial charge in [-0.2, -0.15) is 0 Å². The van der Waals surface area contributed by atoms with E-state index in [2.05, 4.69) is 36.6 Å². The van der Waals surface area contributed by atoms with Gasteiger partial charge in [0.15, 0.2) is 0 Å². The maximum Gasteiger partial charge on any atom is 0.328 e. The summed E-state index contributed by atoms with van der Waals surface area (Å²) in [5, 5.41) is 22.4. The number of amides is 2. The number of unbranched alkanes of at least 4 members (excludes halogenated alkanes) is 17. The van der Waals surface area contributed by atoms with E-state index in [0.29, 0.717) is 19.3 Å². The summed E-state index contributed by atoms with van der Waals surface area (Å²) >= 11 is 0. The van der Waals surface area contributed by atoms with E-state index in [1.807, 2.05) is 0 Å². The van der Waals surface area contributed by atoms with E-state index in [4.69, 9.17) is 14.9 Å². The number of rotatable bonds is 33. The average Bonchev–Trinajstić information content (AvgIpc) is 3.03. The lowest BCUT2D eigenvalue weighted by molar-refractivity contribution is -0.150. The van der Waals surface area contributed by atoms with Gasteiger partial charge in [0.1, 0.15) is 12.1 Å². The molecular formula is C37H68N2O7. The molecule has 268 valence electrons. The fraction of sp³-hybridized carbons (Fsp3) is 0.838. The Morgan fingerprint density at radius 2 is 1.11 bits per heavy atom. The van der Waals surface area contributed by atoms with E-state index in [1.165, 1.54) is 77.0 Å². The topological polar surface area (TPSA) is 142 Å². The first-order valence-electron chi connectivity index (χ1n) is 18.6. The predicted molar refractivity (Wildman–Crippen MR) is 185 cm³/mol. The molecule has 2 atom stereocenters. The zero-order chi connectivity index (χ0) is 34.1. The summed E-state index contributed by atoms with van der Waals surface area (Å²) < 4.78 is 5.95. The number of nitrogens with one attached hydrogen (secondary N) is 2. The van der Waals surface area contributed by atoms with Crippen LogP contribution in [0.1, 0.15) is 174 Å². The van der Waals surface area contributed by atoms with Gasteiger partial charge in [0, 0.05) is 12.8 Å². The molecule has 0 aliphatic rings. The first-order chi connectivity index (χ1) is 22.3. The molecule has 0 saturated heterocycles. The second kappa shape index (κ2) is 32.5. The van der Waals surface area contributed by atoms with Crippen LogP contribution in [-0.4, -0.2) is 59.3 Å². The quantitative estimate of drug-likeness (QED) is 0.0320. The lowest BCUT2D eigenvalue weighted by atomic mass is 10.0. The fourth-order valence-corrected chi connectivity index (χ4v) is 5.36. The minimum atomic E-state index is -1.38.